The molecule has 0 amide bonds. The van der Waals surface area contributed by atoms with E-state index < -0.39 is 0 Å². The molecule has 3 rings (SSSR count). The van der Waals surface area contributed by atoms with Gasteiger partial charge in [-0.15, -0.1) is 0 Å². The maximum atomic E-state index is 12.4. The summed E-state index contributed by atoms with van der Waals surface area (Å²) >= 11 is 0. The van der Waals surface area contributed by atoms with E-state index in [-0.39, 0.29) is 12.2 Å². The van der Waals surface area contributed by atoms with E-state index in [1.165, 1.54) is 0 Å². The summed E-state index contributed by atoms with van der Waals surface area (Å²) < 4.78 is 7.67. The third-order valence-corrected chi connectivity index (χ3v) is 3.53. The SMILES string of the molecule is CCCn1ccnc1CC(=O)c1cc2cc(C)ccc2o1. The first kappa shape index (κ1) is 13.6. The van der Waals surface area contributed by atoms with E-state index in [2.05, 4.69) is 11.9 Å². The van der Waals surface area contributed by atoms with Crippen molar-refractivity contribution >= 4 is 16.8 Å². The van der Waals surface area contributed by atoms with Gasteiger partial charge in [0.1, 0.15) is 11.4 Å². The van der Waals surface area contributed by atoms with Gasteiger partial charge >= 0.3 is 0 Å². The van der Waals surface area contributed by atoms with Gasteiger partial charge in [-0.3, -0.25) is 4.79 Å². The molecule has 4 heteroatoms. The minimum Gasteiger partial charge on any atom is -0.453 e. The number of imidazole rings is 1. The Morgan fingerprint density at radius 1 is 1.33 bits per heavy atom. The number of ketones is 1. The molecule has 0 aliphatic rings. The first-order valence-corrected chi connectivity index (χ1v) is 7.21. The van der Waals surface area contributed by atoms with Crippen molar-refractivity contribution in [3.63, 3.8) is 0 Å². The Balaban J connectivity index is 1.84. The van der Waals surface area contributed by atoms with Gasteiger partial charge < -0.3 is 8.98 Å². The van der Waals surface area contributed by atoms with Gasteiger partial charge in [0, 0.05) is 24.3 Å². The van der Waals surface area contributed by atoms with Crippen molar-refractivity contribution in [3.05, 3.63) is 53.8 Å². The van der Waals surface area contributed by atoms with E-state index in [1.54, 1.807) is 6.20 Å². The number of furan rings is 1. The van der Waals surface area contributed by atoms with Crippen LogP contribution in [0.4, 0.5) is 0 Å². The molecule has 0 N–H and O–H groups in total. The lowest BCUT2D eigenvalue weighted by atomic mass is 10.1. The van der Waals surface area contributed by atoms with Crippen LogP contribution in [0.1, 0.15) is 35.3 Å². The number of nitrogens with zero attached hydrogens (tertiary/aromatic N) is 2. The predicted molar refractivity (Wildman–Crippen MR) is 81.5 cm³/mol. The fraction of sp³-hybridized carbons (Fsp3) is 0.294. The second-order valence-electron chi connectivity index (χ2n) is 5.29. The van der Waals surface area contributed by atoms with Gasteiger partial charge in [0.2, 0.25) is 5.78 Å². The van der Waals surface area contributed by atoms with Crippen LogP contribution in [0, 0.1) is 6.92 Å². The summed E-state index contributed by atoms with van der Waals surface area (Å²) in [6.07, 6.45) is 4.93. The number of carbonyl (C=O) groups is 1. The molecule has 0 atom stereocenters. The standard InChI is InChI=1S/C17H18N2O2/c1-3-7-19-8-6-18-17(19)11-14(20)16-10-13-9-12(2)4-5-15(13)21-16/h4-6,8-10H,3,7,11H2,1-2H3. The zero-order valence-corrected chi connectivity index (χ0v) is 12.3. The van der Waals surface area contributed by atoms with Crippen molar-refractivity contribution < 1.29 is 9.21 Å². The largest absolute Gasteiger partial charge is 0.453 e. The Morgan fingerprint density at radius 3 is 3.00 bits per heavy atom. The van der Waals surface area contributed by atoms with E-state index in [0.29, 0.717) is 5.76 Å². The number of benzene rings is 1. The maximum absolute atomic E-state index is 12.4. The van der Waals surface area contributed by atoms with Gasteiger partial charge in [-0.1, -0.05) is 18.6 Å². The minimum atomic E-state index is -0.0348. The second kappa shape index (κ2) is 5.56. The number of hydrogen-bond donors (Lipinski definition) is 0. The quantitative estimate of drug-likeness (QED) is 0.669. The Kier molecular flexibility index (Phi) is 3.60. The van der Waals surface area contributed by atoms with Crippen LogP contribution in [0.25, 0.3) is 11.0 Å². The van der Waals surface area contributed by atoms with E-state index in [4.69, 9.17) is 4.42 Å². The third kappa shape index (κ3) is 2.75. The molecule has 0 saturated carbocycles. The summed E-state index contributed by atoms with van der Waals surface area (Å²) in [5.74, 6) is 1.16. The molecule has 108 valence electrons. The summed E-state index contributed by atoms with van der Waals surface area (Å²) in [4.78, 5) is 16.6. The average molecular weight is 282 g/mol. The lowest BCUT2D eigenvalue weighted by Crippen LogP contribution is -2.09. The van der Waals surface area contributed by atoms with Crippen molar-refractivity contribution in [2.24, 2.45) is 0 Å². The van der Waals surface area contributed by atoms with E-state index in [9.17, 15) is 4.79 Å². The van der Waals surface area contributed by atoms with Gasteiger partial charge in [0.05, 0.1) is 6.42 Å². The van der Waals surface area contributed by atoms with Gasteiger partial charge in [0.25, 0.3) is 0 Å². The highest BCUT2D eigenvalue weighted by Crippen LogP contribution is 2.21. The van der Waals surface area contributed by atoms with Crippen LogP contribution in [0.3, 0.4) is 0 Å². The molecule has 0 aliphatic heterocycles. The molecule has 2 heterocycles. The van der Waals surface area contributed by atoms with Crippen LogP contribution >= 0.6 is 0 Å². The number of aromatic nitrogens is 2. The summed E-state index contributed by atoms with van der Waals surface area (Å²) in [7, 11) is 0. The molecule has 0 unspecified atom stereocenters. The highest BCUT2D eigenvalue weighted by Gasteiger charge is 2.15. The minimum absolute atomic E-state index is 0.0348. The number of rotatable bonds is 5. The van der Waals surface area contributed by atoms with Crippen molar-refractivity contribution in [2.75, 3.05) is 0 Å². The number of carbonyl (C=O) groups excluding carboxylic acids is 1. The number of fused-ring (bicyclic) bond motifs is 1. The summed E-state index contributed by atoms with van der Waals surface area (Å²) in [6, 6.07) is 7.72. The molecule has 3 aromatic rings. The average Bonchev–Trinajstić information content (AvgIpc) is 3.06. The van der Waals surface area contributed by atoms with Crippen LogP contribution in [0.2, 0.25) is 0 Å². The molecule has 4 nitrogen and oxygen atoms in total. The van der Waals surface area contributed by atoms with Gasteiger partial charge in [-0.05, 0) is 31.5 Å². The predicted octanol–water partition coefficient (Wildman–Crippen LogP) is 3.77. The smallest absolute Gasteiger partial charge is 0.205 e. The molecule has 0 fully saturated rings. The van der Waals surface area contributed by atoms with Crippen molar-refractivity contribution in [3.8, 4) is 0 Å². The van der Waals surface area contributed by atoms with E-state index in [1.807, 2.05) is 42.0 Å². The van der Waals surface area contributed by atoms with Crippen LogP contribution in [0.15, 0.2) is 41.1 Å². The van der Waals surface area contributed by atoms with Crippen molar-refractivity contribution in [1.82, 2.24) is 9.55 Å². The van der Waals surface area contributed by atoms with Crippen LogP contribution in [0.5, 0.6) is 0 Å². The molecule has 0 aliphatic carbocycles. The number of Topliss-reactive ketones (excluding diaryl/α,β-unsaturated/α-hetero) is 1. The van der Waals surface area contributed by atoms with Crippen molar-refractivity contribution in [1.29, 1.82) is 0 Å². The summed E-state index contributed by atoms with van der Waals surface area (Å²) in [5, 5.41) is 0.968. The Bertz CT molecular complexity index is 783. The maximum Gasteiger partial charge on any atom is 0.205 e. The fourth-order valence-corrected chi connectivity index (χ4v) is 2.48. The first-order chi connectivity index (χ1) is 10.2. The molecule has 0 spiro atoms. The monoisotopic (exact) mass is 282 g/mol. The first-order valence-electron chi connectivity index (χ1n) is 7.21. The van der Waals surface area contributed by atoms with Crippen molar-refractivity contribution in [2.45, 2.75) is 33.2 Å². The highest BCUT2D eigenvalue weighted by atomic mass is 16.3. The van der Waals surface area contributed by atoms with E-state index >= 15 is 0 Å². The third-order valence-electron chi connectivity index (χ3n) is 3.53. The Hall–Kier alpha value is -2.36. The second-order valence-corrected chi connectivity index (χ2v) is 5.29. The molecule has 0 radical (unpaired) electrons. The molecule has 1 aromatic carbocycles. The summed E-state index contributed by atoms with van der Waals surface area (Å²) in [5.41, 5.74) is 1.90. The topological polar surface area (TPSA) is 48.0 Å². The zero-order valence-electron chi connectivity index (χ0n) is 12.3. The molecule has 0 saturated heterocycles. The normalized spacial score (nSPS) is 11.1. The molecule has 0 bridgehead atoms. The van der Waals surface area contributed by atoms with E-state index in [0.717, 1.165) is 35.3 Å². The number of aryl methyl sites for hydroxylation is 2. The lowest BCUT2D eigenvalue weighted by Gasteiger charge is -2.04. The molecule has 2 aromatic heterocycles. The Labute approximate surface area is 123 Å². The van der Waals surface area contributed by atoms with Crippen LogP contribution in [-0.2, 0) is 13.0 Å². The molecule has 21 heavy (non-hydrogen) atoms. The zero-order chi connectivity index (χ0) is 14.8. The summed E-state index contributed by atoms with van der Waals surface area (Å²) in [6.45, 7) is 5.00. The Morgan fingerprint density at radius 2 is 2.19 bits per heavy atom. The highest BCUT2D eigenvalue weighted by molar-refractivity contribution is 5.98. The molecular formula is C17H18N2O2. The van der Waals surface area contributed by atoms with Gasteiger partial charge in [0.15, 0.2) is 5.76 Å². The van der Waals surface area contributed by atoms with Crippen LogP contribution in [-0.4, -0.2) is 15.3 Å². The lowest BCUT2D eigenvalue weighted by molar-refractivity contribution is 0.0965. The van der Waals surface area contributed by atoms with Gasteiger partial charge in [-0.2, -0.15) is 0 Å². The van der Waals surface area contributed by atoms with Gasteiger partial charge in [-0.25, -0.2) is 4.98 Å². The molecular weight excluding hydrogens is 264 g/mol. The fourth-order valence-electron chi connectivity index (χ4n) is 2.48. The van der Waals surface area contributed by atoms with Crippen LogP contribution < -0.4 is 0 Å². The number of hydrogen-bond acceptors (Lipinski definition) is 3.